The molecule has 0 N–H and O–H groups in total. The van der Waals surface area contributed by atoms with Crippen molar-refractivity contribution >= 4 is 15.4 Å². The first-order chi connectivity index (χ1) is 5.75. The molecule has 0 spiro atoms. The average molecular weight is 184 g/mol. The third kappa shape index (κ3) is 2.15. The molecule has 0 aliphatic rings. The predicted octanol–water partition coefficient (Wildman–Crippen LogP) is 0.682. The minimum absolute atomic E-state index is 0.414. The smallest absolute Gasteiger partial charge is 0.224 e. The van der Waals surface area contributed by atoms with E-state index in [4.69, 9.17) is 4.74 Å². The lowest BCUT2D eigenvalue weighted by Crippen LogP contribution is -2.13. The van der Waals surface area contributed by atoms with Gasteiger partial charge in [-0.1, -0.05) is 29.5 Å². The van der Waals surface area contributed by atoms with Gasteiger partial charge in [0.1, 0.15) is 0 Å². The lowest BCUT2D eigenvalue weighted by molar-refractivity contribution is -0.0338. The second-order valence-electron chi connectivity index (χ2n) is 2.63. The van der Waals surface area contributed by atoms with Gasteiger partial charge in [0.25, 0.3) is 0 Å². The summed E-state index contributed by atoms with van der Waals surface area (Å²) in [6, 6.07) is 7.47. The molecule has 1 atom stereocenters. The highest BCUT2D eigenvalue weighted by Gasteiger charge is 2.09. The van der Waals surface area contributed by atoms with Crippen molar-refractivity contribution in [1.29, 1.82) is 0 Å². The van der Waals surface area contributed by atoms with Gasteiger partial charge in [-0.25, -0.2) is 4.39 Å². The van der Waals surface area contributed by atoms with E-state index in [1.165, 1.54) is 0 Å². The van der Waals surface area contributed by atoms with Gasteiger partial charge in [0.2, 0.25) is 6.36 Å². The molecule has 1 rings (SSSR count). The first kappa shape index (κ1) is 9.42. The minimum atomic E-state index is -1.25. The predicted molar refractivity (Wildman–Crippen MR) is 51.5 cm³/mol. The summed E-state index contributed by atoms with van der Waals surface area (Å²) in [5.74, 6) is 0. The highest BCUT2D eigenvalue weighted by molar-refractivity contribution is 6.33. The summed E-state index contributed by atoms with van der Waals surface area (Å²) < 4.78 is 18.1. The van der Waals surface area contributed by atoms with Crippen molar-refractivity contribution in [2.75, 3.05) is 6.61 Å². The zero-order valence-electron chi connectivity index (χ0n) is 7.38. The van der Waals surface area contributed by atoms with Crippen LogP contribution in [0.5, 0.6) is 0 Å². The molecule has 0 saturated heterocycles. The van der Waals surface area contributed by atoms with Gasteiger partial charge >= 0.3 is 0 Å². The fourth-order valence-electron chi connectivity index (χ4n) is 1.08. The standard InChI is InChI=1S/C9H13FOSi/c1-2-11-9(10)7-5-3-4-6-8(7)12/h3-6,9H,2H2,1,12H3. The Morgan fingerprint density at radius 2 is 2.17 bits per heavy atom. The van der Waals surface area contributed by atoms with Gasteiger partial charge in [0.15, 0.2) is 0 Å². The SMILES string of the molecule is CCOC(F)c1ccccc1[SiH3]. The van der Waals surface area contributed by atoms with Gasteiger partial charge in [-0.3, -0.25) is 0 Å². The fraction of sp³-hybridized carbons (Fsp3) is 0.333. The molecule has 0 bridgehead atoms. The molecule has 0 saturated carbocycles. The van der Waals surface area contributed by atoms with Crippen LogP contribution in [0.4, 0.5) is 4.39 Å². The van der Waals surface area contributed by atoms with Crippen molar-refractivity contribution in [2.45, 2.75) is 13.3 Å². The molecule has 12 heavy (non-hydrogen) atoms. The Morgan fingerprint density at radius 1 is 1.50 bits per heavy atom. The van der Waals surface area contributed by atoms with Crippen molar-refractivity contribution in [1.82, 2.24) is 0 Å². The van der Waals surface area contributed by atoms with Crippen molar-refractivity contribution < 1.29 is 9.13 Å². The first-order valence-corrected chi connectivity index (χ1v) is 5.07. The number of ether oxygens (including phenoxy) is 1. The summed E-state index contributed by atoms with van der Waals surface area (Å²) >= 11 is 0. The highest BCUT2D eigenvalue weighted by Crippen LogP contribution is 2.15. The summed E-state index contributed by atoms with van der Waals surface area (Å²) in [5.41, 5.74) is 0.686. The summed E-state index contributed by atoms with van der Waals surface area (Å²) in [7, 11) is 0.860. The largest absolute Gasteiger partial charge is 0.345 e. The van der Waals surface area contributed by atoms with Crippen LogP contribution >= 0.6 is 0 Å². The van der Waals surface area contributed by atoms with Crippen LogP contribution in [-0.4, -0.2) is 16.8 Å². The molecule has 0 heterocycles. The molecule has 0 aliphatic carbocycles. The van der Waals surface area contributed by atoms with Crippen LogP contribution in [-0.2, 0) is 4.74 Å². The molecule has 1 unspecified atom stereocenters. The molecule has 0 radical (unpaired) electrons. The molecule has 1 aromatic carbocycles. The Labute approximate surface area is 75.0 Å². The van der Waals surface area contributed by atoms with Gasteiger partial charge in [0, 0.05) is 22.4 Å². The second-order valence-corrected chi connectivity index (χ2v) is 3.71. The van der Waals surface area contributed by atoms with Crippen molar-refractivity contribution in [3.05, 3.63) is 29.8 Å². The maximum absolute atomic E-state index is 13.2. The van der Waals surface area contributed by atoms with E-state index in [1.54, 1.807) is 13.0 Å². The van der Waals surface area contributed by atoms with E-state index in [2.05, 4.69) is 0 Å². The maximum atomic E-state index is 13.2. The Hall–Kier alpha value is -0.673. The molecule has 3 heteroatoms. The number of hydrogen-bond donors (Lipinski definition) is 0. The van der Waals surface area contributed by atoms with E-state index in [0.29, 0.717) is 12.2 Å². The zero-order valence-corrected chi connectivity index (χ0v) is 9.38. The van der Waals surface area contributed by atoms with E-state index in [9.17, 15) is 4.39 Å². The quantitative estimate of drug-likeness (QED) is 0.628. The molecular weight excluding hydrogens is 171 g/mol. The third-order valence-electron chi connectivity index (χ3n) is 1.75. The molecule has 1 nitrogen and oxygen atoms in total. The van der Waals surface area contributed by atoms with E-state index in [0.717, 1.165) is 15.4 Å². The van der Waals surface area contributed by atoms with Gasteiger partial charge in [0.05, 0.1) is 0 Å². The van der Waals surface area contributed by atoms with E-state index in [1.807, 2.05) is 18.2 Å². The Bertz CT molecular complexity index is 252. The van der Waals surface area contributed by atoms with Crippen LogP contribution in [0.3, 0.4) is 0 Å². The highest BCUT2D eigenvalue weighted by atomic mass is 28.1. The average Bonchev–Trinajstić information content (AvgIpc) is 2.05. The van der Waals surface area contributed by atoms with Gasteiger partial charge in [-0.2, -0.15) is 0 Å². The summed E-state index contributed by atoms with van der Waals surface area (Å²) in [6.45, 7) is 2.21. The summed E-state index contributed by atoms with van der Waals surface area (Å²) in [5, 5.41) is 1.07. The van der Waals surface area contributed by atoms with Crippen LogP contribution in [0.2, 0.25) is 0 Å². The van der Waals surface area contributed by atoms with Crippen LogP contribution in [0, 0.1) is 0 Å². The number of benzene rings is 1. The van der Waals surface area contributed by atoms with Gasteiger partial charge in [-0.15, -0.1) is 0 Å². The van der Waals surface area contributed by atoms with Crippen LogP contribution < -0.4 is 5.19 Å². The van der Waals surface area contributed by atoms with Crippen LogP contribution in [0.15, 0.2) is 24.3 Å². The molecule has 0 aromatic heterocycles. The fourth-order valence-corrected chi connectivity index (χ4v) is 1.66. The molecule has 0 fully saturated rings. The zero-order chi connectivity index (χ0) is 8.97. The lowest BCUT2D eigenvalue weighted by atomic mass is 10.2. The normalized spacial score (nSPS) is 13.2. The Balaban J connectivity index is 2.79. The number of alkyl halides is 1. The Kier molecular flexibility index (Phi) is 3.43. The Morgan fingerprint density at radius 3 is 2.75 bits per heavy atom. The van der Waals surface area contributed by atoms with Crippen LogP contribution in [0.25, 0.3) is 0 Å². The van der Waals surface area contributed by atoms with Crippen molar-refractivity contribution in [3.63, 3.8) is 0 Å². The number of halogens is 1. The van der Waals surface area contributed by atoms with Gasteiger partial charge < -0.3 is 4.74 Å². The monoisotopic (exact) mass is 184 g/mol. The van der Waals surface area contributed by atoms with Crippen molar-refractivity contribution in [2.24, 2.45) is 0 Å². The van der Waals surface area contributed by atoms with Gasteiger partial charge in [-0.05, 0) is 6.92 Å². The number of hydrogen-bond acceptors (Lipinski definition) is 1. The molecule has 1 aromatic rings. The van der Waals surface area contributed by atoms with E-state index < -0.39 is 6.36 Å². The maximum Gasteiger partial charge on any atom is 0.224 e. The van der Waals surface area contributed by atoms with Crippen LogP contribution in [0.1, 0.15) is 18.8 Å². The number of rotatable bonds is 3. The van der Waals surface area contributed by atoms with Crippen molar-refractivity contribution in [3.8, 4) is 0 Å². The molecule has 0 amide bonds. The molecule has 66 valence electrons. The van der Waals surface area contributed by atoms with E-state index in [-0.39, 0.29) is 0 Å². The van der Waals surface area contributed by atoms with E-state index >= 15 is 0 Å². The first-order valence-electron chi connectivity index (χ1n) is 4.07. The minimum Gasteiger partial charge on any atom is -0.345 e. The topological polar surface area (TPSA) is 9.23 Å². The summed E-state index contributed by atoms with van der Waals surface area (Å²) in [4.78, 5) is 0. The third-order valence-corrected chi connectivity index (χ3v) is 2.66. The lowest BCUT2D eigenvalue weighted by Gasteiger charge is -2.10. The molecule has 0 aliphatic heterocycles. The second kappa shape index (κ2) is 4.38. The summed E-state index contributed by atoms with van der Waals surface area (Å²) in [6.07, 6.45) is -1.25. The molecular formula is C9H13FOSi.